The highest BCUT2D eigenvalue weighted by Gasteiger charge is 1.99. The van der Waals surface area contributed by atoms with Gasteiger partial charge in [-0.15, -0.1) is 0 Å². The predicted molar refractivity (Wildman–Crippen MR) is 35.3 cm³/mol. The van der Waals surface area contributed by atoms with Crippen LogP contribution < -0.4 is 5.43 Å². The number of aliphatic hydroxyl groups is 1. The SMILES string of the molecule is CN(C)NC(=O)OCCO. The molecule has 0 saturated heterocycles. The Labute approximate surface area is 59.5 Å². The maximum absolute atomic E-state index is 10.5. The average molecular weight is 148 g/mol. The van der Waals surface area contributed by atoms with Crippen molar-refractivity contribution in [1.82, 2.24) is 10.4 Å². The highest BCUT2D eigenvalue weighted by Crippen LogP contribution is 1.76. The molecule has 0 aromatic carbocycles. The lowest BCUT2D eigenvalue weighted by Gasteiger charge is -2.10. The Morgan fingerprint density at radius 1 is 1.70 bits per heavy atom. The number of hydrogen-bond donors (Lipinski definition) is 2. The fraction of sp³-hybridized carbons (Fsp3) is 0.800. The second-order valence-electron chi connectivity index (χ2n) is 1.87. The summed E-state index contributed by atoms with van der Waals surface area (Å²) in [4.78, 5) is 10.5. The van der Waals surface area contributed by atoms with Gasteiger partial charge in [-0.05, 0) is 0 Å². The number of nitrogens with one attached hydrogen (secondary N) is 1. The summed E-state index contributed by atoms with van der Waals surface area (Å²) in [7, 11) is 3.33. The normalized spacial score (nSPS) is 9.60. The van der Waals surface area contributed by atoms with Crippen molar-refractivity contribution < 1.29 is 14.6 Å². The number of rotatable bonds is 3. The van der Waals surface area contributed by atoms with Crippen molar-refractivity contribution in [3.8, 4) is 0 Å². The molecule has 0 fully saturated rings. The first-order valence-corrected chi connectivity index (χ1v) is 2.88. The van der Waals surface area contributed by atoms with Gasteiger partial charge < -0.3 is 9.84 Å². The largest absolute Gasteiger partial charge is 0.446 e. The van der Waals surface area contributed by atoms with Gasteiger partial charge >= 0.3 is 6.09 Å². The first kappa shape index (κ1) is 9.19. The number of carbonyl (C=O) groups excluding carboxylic acids is 1. The predicted octanol–water partition coefficient (Wildman–Crippen LogP) is -0.819. The Bertz CT molecular complexity index is 105. The molecule has 5 nitrogen and oxygen atoms in total. The third-order valence-electron chi connectivity index (χ3n) is 0.639. The highest BCUT2D eigenvalue weighted by molar-refractivity contribution is 5.66. The van der Waals surface area contributed by atoms with Gasteiger partial charge in [0.15, 0.2) is 0 Å². The van der Waals surface area contributed by atoms with E-state index < -0.39 is 6.09 Å². The summed E-state index contributed by atoms with van der Waals surface area (Å²) in [6.07, 6.45) is -0.556. The zero-order valence-electron chi connectivity index (χ0n) is 6.13. The quantitative estimate of drug-likeness (QED) is 0.513. The van der Waals surface area contributed by atoms with E-state index in [-0.39, 0.29) is 13.2 Å². The Kier molecular flexibility index (Phi) is 4.61. The minimum absolute atomic E-state index is 0.0275. The van der Waals surface area contributed by atoms with Crippen molar-refractivity contribution in [2.45, 2.75) is 0 Å². The lowest BCUT2D eigenvalue weighted by atomic mass is 10.8. The molecule has 60 valence electrons. The minimum atomic E-state index is -0.556. The van der Waals surface area contributed by atoms with Crippen LogP contribution in [-0.4, -0.2) is 43.5 Å². The standard InChI is InChI=1S/C5H12N2O3/c1-7(2)6-5(9)10-4-3-8/h8H,3-4H2,1-2H3,(H,6,9). The molecular weight excluding hydrogens is 136 g/mol. The maximum atomic E-state index is 10.5. The van der Waals surface area contributed by atoms with Gasteiger partial charge in [-0.25, -0.2) is 9.80 Å². The Morgan fingerprint density at radius 3 is 2.70 bits per heavy atom. The molecule has 0 aromatic heterocycles. The van der Waals surface area contributed by atoms with Crippen LogP contribution in [0, 0.1) is 0 Å². The van der Waals surface area contributed by atoms with Crippen LogP contribution in [-0.2, 0) is 4.74 Å². The molecule has 0 heterocycles. The van der Waals surface area contributed by atoms with Gasteiger partial charge in [-0.1, -0.05) is 0 Å². The molecule has 0 bridgehead atoms. The van der Waals surface area contributed by atoms with Crippen molar-refractivity contribution in [2.75, 3.05) is 27.3 Å². The van der Waals surface area contributed by atoms with Gasteiger partial charge in [0.05, 0.1) is 6.61 Å². The third-order valence-corrected chi connectivity index (χ3v) is 0.639. The number of amides is 1. The molecule has 0 aromatic rings. The second kappa shape index (κ2) is 5.01. The van der Waals surface area contributed by atoms with E-state index in [1.807, 2.05) is 0 Å². The van der Waals surface area contributed by atoms with E-state index in [4.69, 9.17) is 5.11 Å². The van der Waals surface area contributed by atoms with Crippen LogP contribution >= 0.6 is 0 Å². The number of carbonyl (C=O) groups is 1. The highest BCUT2D eigenvalue weighted by atomic mass is 16.6. The summed E-state index contributed by atoms with van der Waals surface area (Å²) in [5.41, 5.74) is 2.34. The molecular formula is C5H12N2O3. The van der Waals surface area contributed by atoms with E-state index in [0.29, 0.717) is 0 Å². The van der Waals surface area contributed by atoms with Gasteiger partial charge in [0.2, 0.25) is 0 Å². The van der Waals surface area contributed by atoms with E-state index in [0.717, 1.165) is 0 Å². The van der Waals surface area contributed by atoms with E-state index >= 15 is 0 Å². The number of nitrogens with zero attached hydrogens (tertiary/aromatic N) is 1. The van der Waals surface area contributed by atoms with Crippen molar-refractivity contribution in [2.24, 2.45) is 0 Å². The lowest BCUT2D eigenvalue weighted by molar-refractivity contribution is 0.101. The number of hydrazine groups is 1. The Hall–Kier alpha value is -0.810. The Balaban J connectivity index is 3.26. The zero-order valence-corrected chi connectivity index (χ0v) is 6.13. The number of hydrogen-bond acceptors (Lipinski definition) is 4. The van der Waals surface area contributed by atoms with Gasteiger partial charge in [0.25, 0.3) is 0 Å². The van der Waals surface area contributed by atoms with Gasteiger partial charge in [-0.2, -0.15) is 0 Å². The summed E-state index contributed by atoms with van der Waals surface area (Å²) in [5.74, 6) is 0. The van der Waals surface area contributed by atoms with Crippen LogP contribution in [0.3, 0.4) is 0 Å². The molecule has 0 unspecified atom stereocenters. The van der Waals surface area contributed by atoms with E-state index in [2.05, 4.69) is 10.2 Å². The second-order valence-corrected chi connectivity index (χ2v) is 1.87. The van der Waals surface area contributed by atoms with Crippen LogP contribution in [0.25, 0.3) is 0 Å². The molecule has 5 heteroatoms. The van der Waals surface area contributed by atoms with Crippen LogP contribution in [0.2, 0.25) is 0 Å². The fourth-order valence-electron chi connectivity index (χ4n) is 0.353. The van der Waals surface area contributed by atoms with Crippen LogP contribution in [0.5, 0.6) is 0 Å². The van der Waals surface area contributed by atoms with Crippen molar-refractivity contribution >= 4 is 6.09 Å². The minimum Gasteiger partial charge on any atom is -0.446 e. The average Bonchev–Trinajstić information content (AvgIpc) is 1.82. The van der Waals surface area contributed by atoms with Crippen LogP contribution in [0.4, 0.5) is 4.79 Å². The van der Waals surface area contributed by atoms with Crippen molar-refractivity contribution in [1.29, 1.82) is 0 Å². The molecule has 1 amide bonds. The van der Waals surface area contributed by atoms with Gasteiger partial charge in [0, 0.05) is 14.1 Å². The molecule has 0 aliphatic heterocycles. The molecule has 0 atom stereocenters. The first-order valence-electron chi connectivity index (χ1n) is 2.88. The summed E-state index contributed by atoms with van der Waals surface area (Å²) >= 11 is 0. The number of ether oxygens (including phenoxy) is 1. The lowest BCUT2D eigenvalue weighted by Crippen LogP contribution is -2.36. The summed E-state index contributed by atoms with van der Waals surface area (Å²) in [5, 5.41) is 9.69. The summed E-state index contributed by atoms with van der Waals surface area (Å²) < 4.78 is 4.46. The molecule has 0 radical (unpaired) electrons. The van der Waals surface area contributed by atoms with E-state index in [1.165, 1.54) is 5.01 Å². The fourth-order valence-corrected chi connectivity index (χ4v) is 0.353. The molecule has 0 spiro atoms. The Morgan fingerprint density at radius 2 is 2.30 bits per heavy atom. The third kappa shape index (κ3) is 5.33. The van der Waals surface area contributed by atoms with Gasteiger partial charge in [-0.3, -0.25) is 5.43 Å². The molecule has 0 saturated carbocycles. The monoisotopic (exact) mass is 148 g/mol. The molecule has 0 rings (SSSR count). The number of aliphatic hydroxyl groups excluding tert-OH is 1. The van der Waals surface area contributed by atoms with Crippen LogP contribution in [0.15, 0.2) is 0 Å². The summed E-state index contributed by atoms with van der Waals surface area (Å²) in [6.45, 7) is -0.124. The van der Waals surface area contributed by atoms with Crippen molar-refractivity contribution in [3.63, 3.8) is 0 Å². The van der Waals surface area contributed by atoms with Crippen LogP contribution in [0.1, 0.15) is 0 Å². The molecule has 0 aliphatic rings. The zero-order chi connectivity index (χ0) is 7.98. The maximum Gasteiger partial charge on any atom is 0.421 e. The molecule has 10 heavy (non-hydrogen) atoms. The topological polar surface area (TPSA) is 61.8 Å². The van der Waals surface area contributed by atoms with E-state index in [1.54, 1.807) is 14.1 Å². The molecule has 2 N–H and O–H groups in total. The van der Waals surface area contributed by atoms with Crippen molar-refractivity contribution in [3.05, 3.63) is 0 Å². The first-order chi connectivity index (χ1) is 4.66. The van der Waals surface area contributed by atoms with Gasteiger partial charge in [0.1, 0.15) is 6.61 Å². The smallest absolute Gasteiger partial charge is 0.421 e. The summed E-state index contributed by atoms with van der Waals surface area (Å²) in [6, 6.07) is 0. The van der Waals surface area contributed by atoms with E-state index in [9.17, 15) is 4.79 Å². The molecule has 0 aliphatic carbocycles.